The van der Waals surface area contributed by atoms with E-state index in [9.17, 15) is 9.59 Å². The van der Waals surface area contributed by atoms with Gasteiger partial charge in [-0.2, -0.15) is 0 Å². The Labute approximate surface area is 126 Å². The van der Waals surface area contributed by atoms with Gasteiger partial charge in [-0.3, -0.25) is 9.59 Å². The summed E-state index contributed by atoms with van der Waals surface area (Å²) in [5.74, 6) is -0.340. The molecule has 4 nitrogen and oxygen atoms in total. The lowest BCUT2D eigenvalue weighted by Crippen LogP contribution is -2.42. The topological polar surface area (TPSA) is 58.2 Å². The van der Waals surface area contributed by atoms with E-state index in [-0.39, 0.29) is 17.9 Å². The molecule has 2 rings (SSSR count). The summed E-state index contributed by atoms with van der Waals surface area (Å²) in [5.41, 5.74) is 3.19. The minimum atomic E-state index is -0.867. The molecule has 1 aromatic carbocycles. The van der Waals surface area contributed by atoms with Crippen molar-refractivity contribution in [2.75, 3.05) is 5.32 Å². The van der Waals surface area contributed by atoms with E-state index < -0.39 is 5.41 Å². The Hall–Kier alpha value is -1.84. The summed E-state index contributed by atoms with van der Waals surface area (Å²) in [4.78, 5) is 24.8. The molecule has 0 heterocycles. The number of rotatable bonds is 4. The van der Waals surface area contributed by atoms with Gasteiger partial charge in [0.05, 0.1) is 0 Å². The molecular weight excluding hydrogens is 264 g/mol. The van der Waals surface area contributed by atoms with Crippen LogP contribution in [-0.2, 0) is 9.59 Å². The Bertz CT molecular complexity index is 563. The van der Waals surface area contributed by atoms with Crippen molar-refractivity contribution in [3.63, 3.8) is 0 Å². The van der Waals surface area contributed by atoms with Crippen LogP contribution in [0, 0.1) is 26.2 Å². The zero-order valence-electron chi connectivity index (χ0n) is 13.5. The van der Waals surface area contributed by atoms with E-state index in [0.717, 1.165) is 16.8 Å². The summed E-state index contributed by atoms with van der Waals surface area (Å²) in [7, 11) is 0. The van der Waals surface area contributed by atoms with E-state index >= 15 is 0 Å². The summed E-state index contributed by atoms with van der Waals surface area (Å²) < 4.78 is 0. The molecule has 0 atom stereocenters. The number of hydrogen-bond acceptors (Lipinski definition) is 2. The van der Waals surface area contributed by atoms with Crippen LogP contribution in [0.3, 0.4) is 0 Å². The number of benzene rings is 1. The van der Waals surface area contributed by atoms with Crippen molar-refractivity contribution in [1.29, 1.82) is 0 Å². The maximum absolute atomic E-state index is 12.5. The van der Waals surface area contributed by atoms with Gasteiger partial charge in [0.2, 0.25) is 11.8 Å². The predicted molar refractivity (Wildman–Crippen MR) is 84.2 cm³/mol. The third-order valence-corrected chi connectivity index (χ3v) is 3.95. The minimum absolute atomic E-state index is 0.0469. The predicted octanol–water partition coefficient (Wildman–Crippen LogP) is 2.86. The highest BCUT2D eigenvalue weighted by Crippen LogP contribution is 2.47. The summed E-state index contributed by atoms with van der Waals surface area (Å²) in [6.07, 6.45) is 1.25. The van der Waals surface area contributed by atoms with E-state index in [4.69, 9.17) is 0 Å². The highest BCUT2D eigenvalue weighted by atomic mass is 16.2. The van der Waals surface area contributed by atoms with Crippen LogP contribution in [0.2, 0.25) is 0 Å². The highest BCUT2D eigenvalue weighted by molar-refractivity contribution is 6.13. The molecule has 0 aliphatic heterocycles. The molecule has 1 aromatic rings. The van der Waals surface area contributed by atoms with E-state index in [0.29, 0.717) is 12.8 Å². The average Bonchev–Trinajstić information content (AvgIpc) is 3.13. The largest absolute Gasteiger partial charge is 0.353 e. The Morgan fingerprint density at radius 1 is 1.05 bits per heavy atom. The van der Waals surface area contributed by atoms with E-state index in [1.54, 1.807) is 0 Å². The first-order valence-corrected chi connectivity index (χ1v) is 7.46. The maximum Gasteiger partial charge on any atom is 0.240 e. The number of aryl methyl sites for hydroxylation is 3. The van der Waals surface area contributed by atoms with Gasteiger partial charge in [0, 0.05) is 11.7 Å². The number of anilines is 1. The van der Waals surface area contributed by atoms with Crippen LogP contribution in [0.15, 0.2) is 12.1 Å². The zero-order chi connectivity index (χ0) is 15.8. The van der Waals surface area contributed by atoms with Crippen LogP contribution in [0.5, 0.6) is 0 Å². The van der Waals surface area contributed by atoms with Crippen LogP contribution in [0.1, 0.15) is 43.4 Å². The normalized spacial score (nSPS) is 15.7. The number of carbonyl (C=O) groups excluding carboxylic acids is 2. The molecule has 2 amide bonds. The Balaban J connectivity index is 2.17. The first-order valence-electron chi connectivity index (χ1n) is 7.46. The zero-order valence-corrected chi connectivity index (χ0v) is 13.5. The Morgan fingerprint density at radius 2 is 1.57 bits per heavy atom. The fourth-order valence-corrected chi connectivity index (χ4v) is 2.69. The molecule has 2 N–H and O–H groups in total. The molecule has 1 aliphatic carbocycles. The van der Waals surface area contributed by atoms with Gasteiger partial charge in [0.1, 0.15) is 5.41 Å². The van der Waals surface area contributed by atoms with Crippen molar-refractivity contribution in [3.05, 3.63) is 28.8 Å². The molecular formula is C17H24N2O2. The first-order chi connectivity index (χ1) is 9.76. The number of hydrogen-bond donors (Lipinski definition) is 2. The summed E-state index contributed by atoms with van der Waals surface area (Å²) in [5, 5.41) is 5.81. The van der Waals surface area contributed by atoms with E-state index in [1.807, 2.05) is 46.8 Å². The standard InChI is InChI=1S/C17H24N2O2/c1-10(2)18-15(20)17(6-7-17)16(21)19-14-12(4)8-11(3)9-13(14)5/h8-10H,6-7H2,1-5H3,(H,18,20)(H,19,21). The monoisotopic (exact) mass is 288 g/mol. The van der Waals surface area contributed by atoms with Crippen molar-refractivity contribution >= 4 is 17.5 Å². The Morgan fingerprint density at radius 3 is 2.00 bits per heavy atom. The second kappa shape index (κ2) is 5.51. The molecule has 0 bridgehead atoms. The third kappa shape index (κ3) is 3.09. The van der Waals surface area contributed by atoms with Gasteiger partial charge in [0.15, 0.2) is 0 Å². The second-order valence-corrected chi connectivity index (χ2v) is 6.44. The number of amides is 2. The van der Waals surface area contributed by atoms with E-state index in [1.165, 1.54) is 5.56 Å². The lowest BCUT2D eigenvalue weighted by molar-refractivity contribution is -0.134. The summed E-state index contributed by atoms with van der Waals surface area (Å²) in [6.45, 7) is 9.79. The Kier molecular flexibility index (Phi) is 4.08. The van der Waals surface area contributed by atoms with Crippen molar-refractivity contribution < 1.29 is 9.59 Å². The fraction of sp³-hybridized carbons (Fsp3) is 0.529. The minimum Gasteiger partial charge on any atom is -0.353 e. The van der Waals surface area contributed by atoms with Crippen molar-refractivity contribution in [3.8, 4) is 0 Å². The molecule has 1 aliphatic rings. The van der Waals surface area contributed by atoms with Gasteiger partial charge in [0.25, 0.3) is 0 Å². The molecule has 0 unspecified atom stereocenters. The van der Waals surface area contributed by atoms with Crippen LogP contribution < -0.4 is 10.6 Å². The van der Waals surface area contributed by atoms with Crippen molar-refractivity contribution in [2.45, 2.75) is 53.5 Å². The van der Waals surface area contributed by atoms with Gasteiger partial charge in [-0.15, -0.1) is 0 Å². The lowest BCUT2D eigenvalue weighted by Gasteiger charge is -2.19. The molecule has 21 heavy (non-hydrogen) atoms. The third-order valence-electron chi connectivity index (χ3n) is 3.95. The van der Waals surface area contributed by atoms with Crippen LogP contribution in [0.4, 0.5) is 5.69 Å². The highest BCUT2D eigenvalue weighted by Gasteiger charge is 2.56. The molecule has 114 valence electrons. The van der Waals surface area contributed by atoms with Gasteiger partial charge < -0.3 is 10.6 Å². The SMILES string of the molecule is Cc1cc(C)c(NC(=O)C2(C(=O)NC(C)C)CC2)c(C)c1. The van der Waals surface area contributed by atoms with Crippen molar-refractivity contribution in [1.82, 2.24) is 5.32 Å². The molecule has 1 fully saturated rings. The van der Waals surface area contributed by atoms with Gasteiger partial charge in [-0.25, -0.2) is 0 Å². The quantitative estimate of drug-likeness (QED) is 0.837. The van der Waals surface area contributed by atoms with Crippen molar-refractivity contribution in [2.24, 2.45) is 5.41 Å². The maximum atomic E-state index is 12.5. The second-order valence-electron chi connectivity index (χ2n) is 6.44. The molecule has 1 saturated carbocycles. The molecule has 0 aromatic heterocycles. The average molecular weight is 288 g/mol. The van der Waals surface area contributed by atoms with Crippen LogP contribution in [0.25, 0.3) is 0 Å². The molecule has 4 heteroatoms. The molecule has 0 spiro atoms. The number of carbonyl (C=O) groups is 2. The lowest BCUT2D eigenvalue weighted by atomic mass is 10.0. The smallest absolute Gasteiger partial charge is 0.240 e. The van der Waals surface area contributed by atoms with E-state index in [2.05, 4.69) is 10.6 Å². The van der Waals surface area contributed by atoms with Gasteiger partial charge in [-0.1, -0.05) is 17.7 Å². The van der Waals surface area contributed by atoms with Gasteiger partial charge in [-0.05, 0) is 58.6 Å². The molecule has 0 saturated heterocycles. The fourth-order valence-electron chi connectivity index (χ4n) is 2.69. The first kappa shape index (κ1) is 15.5. The summed E-state index contributed by atoms with van der Waals surface area (Å²) in [6, 6.07) is 4.12. The number of nitrogens with one attached hydrogen (secondary N) is 2. The summed E-state index contributed by atoms with van der Waals surface area (Å²) >= 11 is 0. The van der Waals surface area contributed by atoms with Crippen LogP contribution in [-0.4, -0.2) is 17.9 Å². The molecule has 0 radical (unpaired) electrons. The van der Waals surface area contributed by atoms with Crippen LogP contribution >= 0.6 is 0 Å². The van der Waals surface area contributed by atoms with Gasteiger partial charge >= 0.3 is 0 Å².